The fraction of sp³-hybridized carbons (Fsp3) is 0.353. The van der Waals surface area contributed by atoms with Crippen molar-refractivity contribution in [3.63, 3.8) is 0 Å². The van der Waals surface area contributed by atoms with Gasteiger partial charge in [-0.05, 0) is 34.5 Å². The number of carbonyl (C=O) groups excluding carboxylic acids is 1. The second-order valence-electron chi connectivity index (χ2n) is 5.41. The molecule has 1 atom stereocenters. The Hall–Kier alpha value is -1.76. The topological polar surface area (TPSA) is 41.6 Å². The number of nitrogens with zero attached hydrogens (tertiary/aromatic N) is 1. The van der Waals surface area contributed by atoms with Gasteiger partial charge in [-0.3, -0.25) is 9.69 Å². The number of rotatable bonds is 5. The second kappa shape index (κ2) is 7.68. The third-order valence-electron chi connectivity index (χ3n) is 3.99. The van der Waals surface area contributed by atoms with E-state index >= 15 is 0 Å². The summed E-state index contributed by atoms with van der Waals surface area (Å²) >= 11 is 1.63. The zero-order valence-corrected chi connectivity index (χ0v) is 13.5. The minimum absolute atomic E-state index is 0.0820. The van der Waals surface area contributed by atoms with Crippen molar-refractivity contribution in [3.8, 4) is 0 Å². The molecule has 23 heavy (non-hydrogen) atoms. The first-order chi connectivity index (χ1) is 11.3. The highest BCUT2D eigenvalue weighted by Gasteiger charge is 2.24. The summed E-state index contributed by atoms with van der Waals surface area (Å²) in [5.41, 5.74) is 1.25. The normalized spacial score (nSPS) is 16.9. The minimum atomic E-state index is -0.497. The lowest BCUT2D eigenvalue weighted by molar-refractivity contribution is 0.0163. The van der Waals surface area contributed by atoms with Gasteiger partial charge in [0, 0.05) is 19.6 Å². The maximum Gasteiger partial charge on any atom is 0.254 e. The lowest BCUT2D eigenvalue weighted by atomic mass is 10.1. The summed E-state index contributed by atoms with van der Waals surface area (Å²) in [7, 11) is 0. The monoisotopic (exact) mass is 334 g/mol. The molecule has 1 fully saturated rings. The van der Waals surface area contributed by atoms with Crippen LogP contribution in [-0.4, -0.2) is 43.7 Å². The first kappa shape index (κ1) is 16.1. The number of amides is 1. The molecule has 1 saturated heterocycles. The maximum atomic E-state index is 13.7. The van der Waals surface area contributed by atoms with E-state index in [9.17, 15) is 9.18 Å². The van der Waals surface area contributed by atoms with E-state index < -0.39 is 5.82 Å². The van der Waals surface area contributed by atoms with E-state index in [0.29, 0.717) is 19.8 Å². The molecule has 1 aliphatic heterocycles. The highest BCUT2D eigenvalue weighted by atomic mass is 32.1. The van der Waals surface area contributed by atoms with Crippen LogP contribution in [0.3, 0.4) is 0 Å². The molecule has 2 aromatic rings. The van der Waals surface area contributed by atoms with Gasteiger partial charge in [-0.25, -0.2) is 4.39 Å². The van der Waals surface area contributed by atoms with Crippen LogP contribution >= 0.6 is 11.3 Å². The van der Waals surface area contributed by atoms with Gasteiger partial charge in [-0.1, -0.05) is 12.1 Å². The van der Waals surface area contributed by atoms with E-state index in [1.54, 1.807) is 23.5 Å². The van der Waals surface area contributed by atoms with Crippen molar-refractivity contribution in [2.75, 3.05) is 32.8 Å². The molecule has 0 saturated carbocycles. The van der Waals surface area contributed by atoms with E-state index in [1.807, 2.05) is 5.38 Å². The van der Waals surface area contributed by atoms with Crippen LogP contribution in [0.15, 0.2) is 41.1 Å². The summed E-state index contributed by atoms with van der Waals surface area (Å²) in [6, 6.07) is 8.19. The van der Waals surface area contributed by atoms with Crippen LogP contribution in [0.5, 0.6) is 0 Å². The van der Waals surface area contributed by atoms with Gasteiger partial charge < -0.3 is 10.1 Å². The van der Waals surface area contributed by atoms with Crippen LogP contribution in [0.4, 0.5) is 4.39 Å². The summed E-state index contributed by atoms with van der Waals surface area (Å²) in [6.07, 6.45) is 0. The average Bonchev–Trinajstić information content (AvgIpc) is 3.10. The lowest BCUT2D eigenvalue weighted by Crippen LogP contribution is -2.43. The van der Waals surface area contributed by atoms with Crippen LogP contribution in [0.25, 0.3) is 0 Å². The molecule has 1 amide bonds. The Morgan fingerprint density at radius 3 is 2.78 bits per heavy atom. The SMILES string of the molecule is O=C(NCC(c1ccsc1)N1CCOCC1)c1ccccc1F. The van der Waals surface area contributed by atoms with Gasteiger partial charge in [0.05, 0.1) is 24.8 Å². The van der Waals surface area contributed by atoms with Gasteiger partial charge in [0.2, 0.25) is 0 Å². The van der Waals surface area contributed by atoms with E-state index in [0.717, 1.165) is 13.1 Å². The second-order valence-corrected chi connectivity index (χ2v) is 6.19. The third-order valence-corrected chi connectivity index (χ3v) is 4.69. The zero-order valence-electron chi connectivity index (χ0n) is 12.7. The smallest absolute Gasteiger partial charge is 0.254 e. The molecule has 1 aliphatic rings. The Kier molecular flexibility index (Phi) is 5.38. The summed E-state index contributed by atoms with van der Waals surface area (Å²) in [6.45, 7) is 3.50. The predicted molar refractivity (Wildman–Crippen MR) is 88.2 cm³/mol. The van der Waals surface area contributed by atoms with Crippen LogP contribution in [-0.2, 0) is 4.74 Å². The van der Waals surface area contributed by atoms with Gasteiger partial charge in [0.1, 0.15) is 5.82 Å². The third kappa shape index (κ3) is 3.96. The highest BCUT2D eigenvalue weighted by molar-refractivity contribution is 7.07. The molecule has 1 unspecified atom stereocenters. The molecule has 4 nitrogen and oxygen atoms in total. The number of halogens is 1. The molecule has 1 aromatic carbocycles. The molecule has 1 N–H and O–H groups in total. The van der Waals surface area contributed by atoms with Crippen molar-refractivity contribution in [1.29, 1.82) is 0 Å². The summed E-state index contributed by atoms with van der Waals surface area (Å²) in [5.74, 6) is -0.875. The molecule has 1 aromatic heterocycles. The van der Waals surface area contributed by atoms with Crippen LogP contribution in [0, 0.1) is 5.82 Å². The van der Waals surface area contributed by atoms with Crippen molar-refractivity contribution in [2.45, 2.75) is 6.04 Å². The molecule has 3 rings (SSSR count). The van der Waals surface area contributed by atoms with Crippen LogP contribution in [0.1, 0.15) is 22.0 Å². The van der Waals surface area contributed by atoms with E-state index in [4.69, 9.17) is 4.74 Å². The molecule has 2 heterocycles. The van der Waals surface area contributed by atoms with Gasteiger partial charge in [-0.15, -0.1) is 0 Å². The number of hydrogen-bond donors (Lipinski definition) is 1. The molecule has 0 spiro atoms. The van der Waals surface area contributed by atoms with Gasteiger partial charge in [0.15, 0.2) is 0 Å². The maximum absolute atomic E-state index is 13.7. The number of ether oxygens (including phenoxy) is 1. The van der Waals surface area contributed by atoms with E-state index in [1.165, 1.54) is 17.7 Å². The first-order valence-electron chi connectivity index (χ1n) is 7.62. The van der Waals surface area contributed by atoms with Crippen molar-refractivity contribution >= 4 is 17.2 Å². The molecular formula is C17H19FN2O2S. The Balaban J connectivity index is 1.69. The first-order valence-corrected chi connectivity index (χ1v) is 8.56. The van der Waals surface area contributed by atoms with Gasteiger partial charge >= 0.3 is 0 Å². The Bertz CT molecular complexity index is 642. The average molecular weight is 334 g/mol. The summed E-state index contributed by atoms with van der Waals surface area (Å²) < 4.78 is 19.1. The van der Waals surface area contributed by atoms with Crippen molar-refractivity contribution < 1.29 is 13.9 Å². The van der Waals surface area contributed by atoms with Crippen molar-refractivity contribution in [2.24, 2.45) is 0 Å². The Morgan fingerprint density at radius 2 is 2.09 bits per heavy atom. The van der Waals surface area contributed by atoms with Crippen LogP contribution in [0.2, 0.25) is 0 Å². The van der Waals surface area contributed by atoms with Gasteiger partial charge in [0.25, 0.3) is 5.91 Å². The molecule has 6 heteroatoms. The van der Waals surface area contributed by atoms with Crippen LogP contribution < -0.4 is 5.32 Å². The molecule has 0 radical (unpaired) electrons. The molecule has 0 aliphatic carbocycles. The number of thiophene rings is 1. The number of morpholine rings is 1. The standard InChI is InChI=1S/C17H19FN2O2S/c18-15-4-2-1-3-14(15)17(21)19-11-16(13-5-10-23-12-13)20-6-8-22-9-7-20/h1-5,10,12,16H,6-9,11H2,(H,19,21). The van der Waals surface area contributed by atoms with Crippen molar-refractivity contribution in [3.05, 3.63) is 58.0 Å². The van der Waals surface area contributed by atoms with E-state index in [2.05, 4.69) is 21.7 Å². The lowest BCUT2D eigenvalue weighted by Gasteiger charge is -2.34. The number of hydrogen-bond acceptors (Lipinski definition) is 4. The number of carbonyl (C=O) groups is 1. The quantitative estimate of drug-likeness (QED) is 0.914. The molecule has 122 valence electrons. The van der Waals surface area contributed by atoms with E-state index in [-0.39, 0.29) is 17.5 Å². The van der Waals surface area contributed by atoms with Gasteiger partial charge in [-0.2, -0.15) is 11.3 Å². The number of nitrogens with one attached hydrogen (secondary N) is 1. The highest BCUT2D eigenvalue weighted by Crippen LogP contribution is 2.23. The zero-order chi connectivity index (χ0) is 16.1. The Labute approximate surface area is 138 Å². The fourth-order valence-corrected chi connectivity index (χ4v) is 3.45. The fourth-order valence-electron chi connectivity index (χ4n) is 2.74. The minimum Gasteiger partial charge on any atom is -0.379 e. The largest absolute Gasteiger partial charge is 0.379 e. The molecule has 0 bridgehead atoms. The van der Waals surface area contributed by atoms with Crippen molar-refractivity contribution in [1.82, 2.24) is 10.2 Å². The summed E-state index contributed by atoms with van der Waals surface area (Å²) in [4.78, 5) is 14.5. The molecular weight excluding hydrogens is 315 g/mol. The Morgan fingerprint density at radius 1 is 1.30 bits per heavy atom. The predicted octanol–water partition coefficient (Wildman–Crippen LogP) is 2.69. The number of benzene rings is 1. The summed E-state index contributed by atoms with van der Waals surface area (Å²) in [5, 5.41) is 6.99.